The molecule has 0 bridgehead atoms. The van der Waals surface area contributed by atoms with Crippen LogP contribution in [0.4, 0.5) is 5.69 Å². The molecule has 0 saturated heterocycles. The summed E-state index contributed by atoms with van der Waals surface area (Å²) in [6, 6.07) is 10.8. The fraction of sp³-hybridized carbons (Fsp3) is 0.368. The van der Waals surface area contributed by atoms with Crippen molar-refractivity contribution in [2.45, 2.75) is 32.9 Å². The highest BCUT2D eigenvalue weighted by Gasteiger charge is 2.47. The van der Waals surface area contributed by atoms with E-state index in [-0.39, 0.29) is 29.8 Å². The molecule has 6 nitrogen and oxygen atoms in total. The van der Waals surface area contributed by atoms with Gasteiger partial charge in [0.15, 0.2) is 0 Å². The van der Waals surface area contributed by atoms with E-state index in [2.05, 4.69) is 10.6 Å². The molecule has 2 aromatic rings. The van der Waals surface area contributed by atoms with E-state index in [1.165, 1.54) is 0 Å². The first-order chi connectivity index (χ1) is 12.0. The Balaban J connectivity index is 1.45. The second-order valence-corrected chi connectivity index (χ2v) is 6.43. The molecule has 1 aromatic carbocycles. The summed E-state index contributed by atoms with van der Waals surface area (Å²) in [5, 5.41) is 5.64. The predicted molar refractivity (Wildman–Crippen MR) is 93.0 cm³/mol. The van der Waals surface area contributed by atoms with Gasteiger partial charge in [0.2, 0.25) is 11.8 Å². The second-order valence-electron chi connectivity index (χ2n) is 6.43. The molecule has 2 N–H and O–H groups in total. The molecule has 1 aliphatic rings. The quantitative estimate of drug-likeness (QED) is 0.811. The first kappa shape index (κ1) is 17.1. The van der Waals surface area contributed by atoms with Gasteiger partial charge < -0.3 is 19.8 Å². The number of carbonyl (C=O) groups is 2. The Labute approximate surface area is 146 Å². The van der Waals surface area contributed by atoms with Crippen molar-refractivity contribution in [3.63, 3.8) is 0 Å². The number of amides is 2. The average Bonchev–Trinajstić information content (AvgIpc) is 3.22. The van der Waals surface area contributed by atoms with Crippen molar-refractivity contribution < 1.29 is 18.7 Å². The van der Waals surface area contributed by atoms with Gasteiger partial charge in [0.25, 0.3) is 0 Å². The lowest BCUT2D eigenvalue weighted by atomic mass is 10.2. The molecule has 0 aliphatic heterocycles. The monoisotopic (exact) mass is 342 g/mol. The Kier molecular flexibility index (Phi) is 5.07. The Morgan fingerprint density at radius 2 is 1.88 bits per heavy atom. The largest absolute Gasteiger partial charge is 0.491 e. The molecule has 132 valence electrons. The third kappa shape index (κ3) is 4.62. The Morgan fingerprint density at radius 1 is 1.16 bits per heavy atom. The van der Waals surface area contributed by atoms with Crippen LogP contribution in [0.5, 0.6) is 5.75 Å². The van der Waals surface area contributed by atoms with Crippen LogP contribution in [0.3, 0.4) is 0 Å². The van der Waals surface area contributed by atoms with Crippen molar-refractivity contribution in [2.75, 3.05) is 5.32 Å². The standard InChI is InChI=1S/C19H22N2O4/c1-12(2)25-14-7-5-13(6-8-14)21-19(23)17-10-16(17)18(22)20-11-15-4-3-9-24-15/h3-9,12,16-17H,10-11H2,1-2H3,(H,20,22)(H,21,23). The maximum absolute atomic E-state index is 12.2. The summed E-state index contributed by atoms with van der Waals surface area (Å²) in [5.41, 5.74) is 0.697. The molecule has 1 fully saturated rings. The molecule has 25 heavy (non-hydrogen) atoms. The van der Waals surface area contributed by atoms with E-state index in [4.69, 9.17) is 9.15 Å². The summed E-state index contributed by atoms with van der Waals surface area (Å²) in [7, 11) is 0. The summed E-state index contributed by atoms with van der Waals surface area (Å²) >= 11 is 0. The lowest BCUT2D eigenvalue weighted by Crippen LogP contribution is -2.26. The van der Waals surface area contributed by atoms with Gasteiger partial charge >= 0.3 is 0 Å². The van der Waals surface area contributed by atoms with Crippen molar-refractivity contribution in [1.29, 1.82) is 0 Å². The number of ether oxygens (including phenoxy) is 1. The number of nitrogens with one attached hydrogen (secondary N) is 2. The Morgan fingerprint density at radius 3 is 2.52 bits per heavy atom. The highest BCUT2D eigenvalue weighted by Crippen LogP contribution is 2.39. The topological polar surface area (TPSA) is 80.6 Å². The molecular weight excluding hydrogens is 320 g/mol. The van der Waals surface area contributed by atoms with Crippen LogP contribution in [-0.4, -0.2) is 17.9 Å². The summed E-state index contributed by atoms with van der Waals surface area (Å²) < 4.78 is 10.7. The zero-order valence-electron chi connectivity index (χ0n) is 14.3. The highest BCUT2D eigenvalue weighted by atomic mass is 16.5. The van der Waals surface area contributed by atoms with Gasteiger partial charge in [-0.1, -0.05) is 0 Å². The van der Waals surface area contributed by atoms with Crippen molar-refractivity contribution in [3.8, 4) is 5.75 Å². The van der Waals surface area contributed by atoms with Gasteiger partial charge in [-0.3, -0.25) is 9.59 Å². The second kappa shape index (κ2) is 7.42. The summed E-state index contributed by atoms with van der Waals surface area (Å²) in [5.74, 6) is 0.669. The van der Waals surface area contributed by atoms with E-state index in [9.17, 15) is 9.59 Å². The SMILES string of the molecule is CC(C)Oc1ccc(NC(=O)C2CC2C(=O)NCc2ccco2)cc1. The maximum atomic E-state index is 12.2. The van der Waals surface area contributed by atoms with Crippen LogP contribution in [0.2, 0.25) is 0 Å². The molecule has 3 rings (SSSR count). The molecule has 2 atom stereocenters. The first-order valence-electron chi connectivity index (χ1n) is 8.40. The van der Waals surface area contributed by atoms with Crippen LogP contribution in [-0.2, 0) is 16.1 Å². The van der Waals surface area contributed by atoms with Crippen molar-refractivity contribution in [3.05, 3.63) is 48.4 Å². The van der Waals surface area contributed by atoms with Crippen LogP contribution < -0.4 is 15.4 Å². The molecule has 2 unspecified atom stereocenters. The minimum atomic E-state index is -0.275. The van der Waals surface area contributed by atoms with Gasteiger partial charge in [0.1, 0.15) is 11.5 Å². The zero-order valence-corrected chi connectivity index (χ0v) is 14.3. The minimum Gasteiger partial charge on any atom is -0.491 e. The lowest BCUT2D eigenvalue weighted by molar-refractivity contribution is -0.125. The Bertz CT molecular complexity index is 722. The van der Waals surface area contributed by atoms with Gasteiger partial charge in [0, 0.05) is 5.69 Å². The smallest absolute Gasteiger partial charge is 0.228 e. The van der Waals surface area contributed by atoms with E-state index in [1.807, 2.05) is 26.0 Å². The van der Waals surface area contributed by atoms with E-state index >= 15 is 0 Å². The molecule has 6 heteroatoms. The van der Waals surface area contributed by atoms with Crippen LogP contribution in [0, 0.1) is 11.8 Å². The summed E-state index contributed by atoms with van der Waals surface area (Å²) in [6.07, 6.45) is 2.24. The van der Waals surface area contributed by atoms with Gasteiger partial charge in [-0.2, -0.15) is 0 Å². The molecule has 0 radical (unpaired) electrons. The zero-order chi connectivity index (χ0) is 17.8. The normalized spacial score (nSPS) is 18.7. The number of hydrogen-bond donors (Lipinski definition) is 2. The summed E-state index contributed by atoms with van der Waals surface area (Å²) in [6.45, 7) is 4.26. The fourth-order valence-corrected chi connectivity index (χ4v) is 2.62. The molecular formula is C19H22N2O4. The van der Waals surface area contributed by atoms with Gasteiger partial charge in [-0.15, -0.1) is 0 Å². The minimum absolute atomic E-state index is 0.104. The van der Waals surface area contributed by atoms with Crippen molar-refractivity contribution >= 4 is 17.5 Å². The molecule has 1 saturated carbocycles. The van der Waals surface area contributed by atoms with Gasteiger partial charge in [-0.05, 0) is 56.7 Å². The average molecular weight is 342 g/mol. The van der Waals surface area contributed by atoms with Crippen LogP contribution in [0.1, 0.15) is 26.0 Å². The molecule has 1 heterocycles. The number of hydrogen-bond acceptors (Lipinski definition) is 4. The van der Waals surface area contributed by atoms with Crippen LogP contribution in [0.15, 0.2) is 47.1 Å². The third-order valence-electron chi connectivity index (χ3n) is 3.97. The van der Waals surface area contributed by atoms with E-state index in [0.717, 1.165) is 5.75 Å². The van der Waals surface area contributed by atoms with Gasteiger partial charge in [-0.25, -0.2) is 0 Å². The molecule has 1 aliphatic carbocycles. The predicted octanol–water partition coefficient (Wildman–Crippen LogP) is 2.96. The molecule has 2 amide bonds. The van der Waals surface area contributed by atoms with Crippen molar-refractivity contribution in [1.82, 2.24) is 5.32 Å². The highest BCUT2D eigenvalue weighted by molar-refractivity contribution is 5.99. The number of benzene rings is 1. The number of rotatable bonds is 7. The fourth-order valence-electron chi connectivity index (χ4n) is 2.62. The maximum Gasteiger partial charge on any atom is 0.228 e. The Hall–Kier alpha value is -2.76. The molecule has 0 spiro atoms. The van der Waals surface area contributed by atoms with E-state index in [0.29, 0.717) is 24.4 Å². The number of anilines is 1. The number of furan rings is 1. The van der Waals surface area contributed by atoms with Crippen LogP contribution >= 0.6 is 0 Å². The molecule has 1 aromatic heterocycles. The summed E-state index contributed by atoms with van der Waals surface area (Å²) in [4.78, 5) is 24.3. The third-order valence-corrected chi connectivity index (χ3v) is 3.97. The lowest BCUT2D eigenvalue weighted by Gasteiger charge is -2.10. The van der Waals surface area contributed by atoms with E-state index < -0.39 is 0 Å². The first-order valence-corrected chi connectivity index (χ1v) is 8.40. The van der Waals surface area contributed by atoms with Gasteiger partial charge in [0.05, 0.1) is 30.7 Å². The van der Waals surface area contributed by atoms with Crippen LogP contribution in [0.25, 0.3) is 0 Å². The number of carbonyl (C=O) groups excluding carboxylic acids is 2. The van der Waals surface area contributed by atoms with Crippen molar-refractivity contribution in [2.24, 2.45) is 11.8 Å². The van der Waals surface area contributed by atoms with E-state index in [1.54, 1.807) is 30.5 Å².